The van der Waals surface area contributed by atoms with E-state index in [1.165, 1.54) is 12.1 Å². The van der Waals surface area contributed by atoms with Gasteiger partial charge in [0.2, 0.25) is 11.8 Å². The molecule has 1 aromatic rings. The summed E-state index contributed by atoms with van der Waals surface area (Å²) in [6.07, 6.45) is -0.907. The number of amides is 3. The van der Waals surface area contributed by atoms with E-state index in [4.69, 9.17) is 4.74 Å². The molecule has 0 fully saturated rings. The maximum absolute atomic E-state index is 13.4. The summed E-state index contributed by atoms with van der Waals surface area (Å²) in [5.41, 5.74) is -0.567. The Kier molecular flexibility index (Phi) is 9.68. The van der Waals surface area contributed by atoms with Crippen LogP contribution in [0.2, 0.25) is 0 Å². The summed E-state index contributed by atoms with van der Waals surface area (Å²) < 4.78 is 5.16. The molecule has 3 amide bonds. The monoisotopic (exact) mass is 467 g/mol. The van der Waals surface area contributed by atoms with Crippen LogP contribution >= 0.6 is 0 Å². The number of aryl methyl sites for hydroxylation is 1. The van der Waals surface area contributed by atoms with Gasteiger partial charge in [0.25, 0.3) is 0 Å². The molecule has 10 heteroatoms. The Morgan fingerprint density at radius 2 is 1.70 bits per heavy atom. The van der Waals surface area contributed by atoms with Crippen LogP contribution in [0, 0.1) is 6.92 Å². The number of carbonyl (C=O) groups excluding carboxylic acids is 3. The highest BCUT2D eigenvalue weighted by atomic mass is 16.6. The molecule has 1 rings (SSSR count). The quantitative estimate of drug-likeness (QED) is 0.388. The van der Waals surface area contributed by atoms with Crippen LogP contribution in [-0.2, 0) is 14.3 Å². The van der Waals surface area contributed by atoms with Gasteiger partial charge in [0.05, 0.1) is 13.2 Å². The number of rotatable bonds is 8. The molecule has 0 heterocycles. The first-order chi connectivity index (χ1) is 15.1. The number of alkyl carbamates (subject to hydrolysis) is 1. The second-order valence-corrected chi connectivity index (χ2v) is 9.82. The third kappa shape index (κ3) is 8.89. The van der Waals surface area contributed by atoms with E-state index >= 15 is 0 Å². The van der Waals surface area contributed by atoms with Crippen LogP contribution in [-0.4, -0.2) is 75.1 Å². The Labute approximate surface area is 194 Å². The highest BCUT2D eigenvalue weighted by Crippen LogP contribution is 2.27. The molecule has 10 nitrogen and oxygen atoms in total. The molecule has 0 saturated carbocycles. The van der Waals surface area contributed by atoms with Crippen LogP contribution in [0.25, 0.3) is 0 Å². The lowest BCUT2D eigenvalue weighted by atomic mass is 9.99. The lowest BCUT2D eigenvalue weighted by Gasteiger charge is -2.35. The van der Waals surface area contributed by atoms with Gasteiger partial charge < -0.3 is 35.6 Å². The van der Waals surface area contributed by atoms with E-state index in [1.807, 2.05) is 0 Å². The van der Waals surface area contributed by atoms with Gasteiger partial charge in [0.15, 0.2) is 0 Å². The van der Waals surface area contributed by atoms with Gasteiger partial charge in [-0.15, -0.1) is 0 Å². The van der Waals surface area contributed by atoms with Crippen molar-refractivity contribution in [2.24, 2.45) is 0 Å². The third-order valence-corrected chi connectivity index (χ3v) is 4.39. The minimum absolute atomic E-state index is 0.0218. The first-order valence-electron chi connectivity index (χ1n) is 10.7. The SMILES string of the molecule is Cc1cc(C(C(=O)NC(C)(C)C)N(CCO)C(=O)C(CO)NC(=O)OC(C)(C)C)ccc1O. The summed E-state index contributed by atoms with van der Waals surface area (Å²) in [5, 5.41) is 34.5. The summed E-state index contributed by atoms with van der Waals surface area (Å²) in [7, 11) is 0. The van der Waals surface area contributed by atoms with E-state index in [0.29, 0.717) is 11.1 Å². The summed E-state index contributed by atoms with van der Waals surface area (Å²) in [6.45, 7) is 10.5. The number of aliphatic hydroxyl groups is 2. The average Bonchev–Trinajstić information content (AvgIpc) is 2.65. The number of aromatic hydroxyl groups is 1. The van der Waals surface area contributed by atoms with Crippen LogP contribution in [0.1, 0.15) is 58.7 Å². The number of hydrogen-bond acceptors (Lipinski definition) is 7. The maximum atomic E-state index is 13.4. The Bertz CT molecular complexity index is 843. The van der Waals surface area contributed by atoms with Crippen LogP contribution < -0.4 is 10.6 Å². The zero-order valence-electron chi connectivity index (χ0n) is 20.4. The number of benzene rings is 1. The summed E-state index contributed by atoms with van der Waals surface area (Å²) in [6, 6.07) is 1.87. The van der Waals surface area contributed by atoms with E-state index in [9.17, 15) is 29.7 Å². The van der Waals surface area contributed by atoms with Gasteiger partial charge in [-0.25, -0.2) is 4.79 Å². The number of carbonyl (C=O) groups is 3. The molecular formula is C23H37N3O7. The number of ether oxygens (including phenoxy) is 1. The predicted octanol–water partition coefficient (Wildman–Crippen LogP) is 1.36. The van der Waals surface area contributed by atoms with Crippen LogP contribution in [0.5, 0.6) is 5.75 Å². The number of nitrogens with zero attached hydrogens (tertiary/aromatic N) is 1. The molecule has 33 heavy (non-hydrogen) atoms. The van der Waals surface area contributed by atoms with Crippen LogP contribution in [0.3, 0.4) is 0 Å². The number of nitrogens with one attached hydrogen (secondary N) is 2. The van der Waals surface area contributed by atoms with E-state index in [-0.39, 0.29) is 12.3 Å². The van der Waals surface area contributed by atoms with Gasteiger partial charge in [0, 0.05) is 12.1 Å². The zero-order chi connectivity index (χ0) is 25.6. The van der Waals surface area contributed by atoms with Crippen LogP contribution in [0.15, 0.2) is 18.2 Å². The number of phenols is 1. The molecule has 0 bridgehead atoms. The summed E-state index contributed by atoms with van der Waals surface area (Å²) in [5.74, 6) is -1.28. The van der Waals surface area contributed by atoms with Gasteiger partial charge in [-0.05, 0) is 71.7 Å². The topological polar surface area (TPSA) is 148 Å². The molecule has 0 aliphatic carbocycles. The van der Waals surface area contributed by atoms with E-state index in [2.05, 4.69) is 10.6 Å². The molecule has 0 aliphatic heterocycles. The molecule has 186 valence electrons. The lowest BCUT2D eigenvalue weighted by Crippen LogP contribution is -2.56. The first kappa shape index (κ1) is 28.2. The Morgan fingerprint density at radius 3 is 2.15 bits per heavy atom. The van der Waals surface area contributed by atoms with Crippen molar-refractivity contribution in [1.29, 1.82) is 0 Å². The summed E-state index contributed by atoms with van der Waals surface area (Å²) in [4.78, 5) is 39.9. The van der Waals surface area contributed by atoms with Gasteiger partial charge in [-0.3, -0.25) is 9.59 Å². The largest absolute Gasteiger partial charge is 0.508 e. The van der Waals surface area contributed by atoms with E-state index in [1.54, 1.807) is 54.5 Å². The van der Waals surface area contributed by atoms with Gasteiger partial charge in [0.1, 0.15) is 23.4 Å². The molecule has 0 aromatic heterocycles. The van der Waals surface area contributed by atoms with Gasteiger partial charge >= 0.3 is 6.09 Å². The normalized spacial score (nSPS) is 13.6. The van der Waals surface area contributed by atoms with Crippen molar-refractivity contribution < 1.29 is 34.4 Å². The number of hydrogen-bond donors (Lipinski definition) is 5. The molecule has 2 atom stereocenters. The third-order valence-electron chi connectivity index (χ3n) is 4.39. The Hall–Kier alpha value is -2.85. The van der Waals surface area contributed by atoms with E-state index in [0.717, 1.165) is 4.90 Å². The predicted molar refractivity (Wildman–Crippen MR) is 123 cm³/mol. The molecule has 0 spiro atoms. The van der Waals surface area contributed by atoms with Gasteiger partial charge in [-0.1, -0.05) is 6.07 Å². The lowest BCUT2D eigenvalue weighted by molar-refractivity contribution is -0.144. The Morgan fingerprint density at radius 1 is 1.09 bits per heavy atom. The van der Waals surface area contributed by atoms with Crippen molar-refractivity contribution in [3.63, 3.8) is 0 Å². The molecule has 0 aliphatic rings. The fraction of sp³-hybridized carbons (Fsp3) is 0.609. The van der Waals surface area contributed by atoms with Gasteiger partial charge in [-0.2, -0.15) is 0 Å². The fourth-order valence-electron chi connectivity index (χ4n) is 3.07. The van der Waals surface area contributed by atoms with Crippen molar-refractivity contribution in [2.45, 2.75) is 71.7 Å². The second-order valence-electron chi connectivity index (χ2n) is 9.82. The van der Waals surface area contributed by atoms with Crippen molar-refractivity contribution >= 4 is 17.9 Å². The molecule has 1 aromatic carbocycles. The number of aliphatic hydroxyl groups excluding tert-OH is 2. The first-order valence-corrected chi connectivity index (χ1v) is 10.7. The van der Waals surface area contributed by atoms with E-state index < -0.39 is 54.3 Å². The number of phenolic OH excluding ortho intramolecular Hbond substituents is 1. The molecule has 2 unspecified atom stereocenters. The standard InChI is InChI=1S/C23H37N3O7/c1-14-12-15(8-9-17(14)29)18(19(30)25-22(2,3)4)26(10-11-27)20(31)16(13-28)24-21(32)33-23(5,6)7/h8-9,12,16,18,27-29H,10-11,13H2,1-7H3,(H,24,32)(H,25,30). The minimum atomic E-state index is -1.41. The van der Waals surface area contributed by atoms with Crippen molar-refractivity contribution in [3.05, 3.63) is 29.3 Å². The van der Waals surface area contributed by atoms with Crippen molar-refractivity contribution in [2.75, 3.05) is 19.8 Å². The van der Waals surface area contributed by atoms with Crippen molar-refractivity contribution in [1.82, 2.24) is 15.5 Å². The maximum Gasteiger partial charge on any atom is 0.408 e. The highest BCUT2D eigenvalue weighted by molar-refractivity contribution is 5.92. The van der Waals surface area contributed by atoms with Crippen molar-refractivity contribution in [3.8, 4) is 5.75 Å². The second kappa shape index (κ2) is 11.3. The molecule has 0 radical (unpaired) electrons. The smallest absolute Gasteiger partial charge is 0.408 e. The fourth-order valence-corrected chi connectivity index (χ4v) is 3.07. The van der Waals surface area contributed by atoms with Crippen LogP contribution in [0.4, 0.5) is 4.79 Å². The zero-order valence-corrected chi connectivity index (χ0v) is 20.4. The summed E-state index contributed by atoms with van der Waals surface area (Å²) >= 11 is 0. The highest BCUT2D eigenvalue weighted by Gasteiger charge is 2.37. The Balaban J connectivity index is 3.40. The minimum Gasteiger partial charge on any atom is -0.508 e. The average molecular weight is 468 g/mol. The molecular weight excluding hydrogens is 430 g/mol. The molecule has 5 N–H and O–H groups in total. The molecule has 0 saturated heterocycles.